The predicted octanol–water partition coefficient (Wildman–Crippen LogP) is 0.957. The summed E-state index contributed by atoms with van der Waals surface area (Å²) < 4.78 is 49.6. The summed E-state index contributed by atoms with van der Waals surface area (Å²) in [5, 5.41) is 13.1. The van der Waals surface area contributed by atoms with Gasteiger partial charge in [0.2, 0.25) is 15.8 Å². The van der Waals surface area contributed by atoms with Crippen LogP contribution < -0.4 is 10.9 Å². The Morgan fingerprint density at radius 1 is 1.19 bits per heavy atom. The third-order valence-corrected chi connectivity index (χ3v) is 9.72. The van der Waals surface area contributed by atoms with Gasteiger partial charge in [0.1, 0.15) is 17.3 Å². The number of piperazine rings is 1. The zero-order valence-corrected chi connectivity index (χ0v) is 21.6. The molecule has 2 N–H and O–H groups in total. The van der Waals surface area contributed by atoms with Crippen molar-refractivity contribution in [1.29, 1.82) is 0 Å². The van der Waals surface area contributed by atoms with E-state index in [1.807, 2.05) is 11.9 Å². The molecule has 1 saturated carbocycles. The molecule has 1 aromatic rings. The molecule has 0 atom stereocenters. The van der Waals surface area contributed by atoms with E-state index in [4.69, 9.17) is 4.74 Å². The van der Waals surface area contributed by atoms with Gasteiger partial charge in [-0.1, -0.05) is 0 Å². The maximum atomic E-state index is 14.2. The first-order chi connectivity index (χ1) is 17.6. The van der Waals surface area contributed by atoms with E-state index in [1.165, 1.54) is 8.87 Å². The lowest BCUT2D eigenvalue weighted by molar-refractivity contribution is -0.0789. The average molecular weight is 538 g/mol. The summed E-state index contributed by atoms with van der Waals surface area (Å²) in [6.07, 6.45) is 4.32. The Hall–Kier alpha value is -2.61. The Bertz CT molecular complexity index is 1320. The molecule has 0 bridgehead atoms. The van der Waals surface area contributed by atoms with E-state index < -0.39 is 44.4 Å². The second kappa shape index (κ2) is 9.93. The molecule has 0 unspecified atom stereocenters. The molecule has 1 spiro atoms. The van der Waals surface area contributed by atoms with Crippen molar-refractivity contribution in [2.24, 2.45) is 0 Å². The Balaban J connectivity index is 1.42. The minimum Gasteiger partial charge on any atom is -0.501 e. The molecule has 3 heterocycles. The van der Waals surface area contributed by atoms with Crippen LogP contribution in [0.15, 0.2) is 27.2 Å². The second-order valence-electron chi connectivity index (χ2n) is 10.1. The lowest BCUT2D eigenvalue weighted by Gasteiger charge is -2.35. The number of amides is 1. The summed E-state index contributed by atoms with van der Waals surface area (Å²) in [6.45, 7) is 2.07. The largest absolute Gasteiger partial charge is 0.501 e. The van der Waals surface area contributed by atoms with Crippen LogP contribution in [0.2, 0.25) is 0 Å². The van der Waals surface area contributed by atoms with Crippen molar-refractivity contribution < 1.29 is 27.4 Å². The van der Waals surface area contributed by atoms with Crippen molar-refractivity contribution in [1.82, 2.24) is 24.1 Å². The Morgan fingerprint density at radius 3 is 2.59 bits per heavy atom. The average Bonchev–Trinajstić information content (AvgIpc) is 3.34. The summed E-state index contributed by atoms with van der Waals surface area (Å²) in [6, 6.07) is 0. The Kier molecular flexibility index (Phi) is 6.98. The molecule has 1 amide bonds. The fourth-order valence-corrected chi connectivity index (χ4v) is 7.29. The molecule has 2 aliphatic heterocycles. The molecule has 37 heavy (non-hydrogen) atoms. The van der Waals surface area contributed by atoms with Gasteiger partial charge in [-0.25, -0.2) is 17.8 Å². The van der Waals surface area contributed by atoms with Crippen molar-refractivity contribution in [2.75, 3.05) is 46.4 Å². The van der Waals surface area contributed by atoms with Crippen LogP contribution in [0, 0.1) is 0 Å². The highest BCUT2D eigenvalue weighted by Crippen LogP contribution is 2.43. The fourth-order valence-electron chi connectivity index (χ4n) is 5.55. The highest BCUT2D eigenvalue weighted by atomic mass is 32.2. The highest BCUT2D eigenvalue weighted by molar-refractivity contribution is 7.93. The topological polar surface area (TPSA) is 134 Å². The number of aromatic nitrogens is 2. The van der Waals surface area contributed by atoms with Gasteiger partial charge in [0.15, 0.2) is 5.69 Å². The van der Waals surface area contributed by atoms with Crippen LogP contribution in [0.1, 0.15) is 54.8 Å². The number of nitrogens with one attached hydrogen (secondary N) is 1. The van der Waals surface area contributed by atoms with E-state index in [2.05, 4.69) is 10.3 Å². The zero-order valence-electron chi connectivity index (χ0n) is 20.8. The van der Waals surface area contributed by atoms with Crippen LogP contribution in [0.5, 0.6) is 5.75 Å². The molecule has 13 heteroatoms. The lowest BCUT2D eigenvalue weighted by atomic mass is 9.99. The number of nitrogens with zero attached hydrogens (tertiary/aromatic N) is 4. The van der Waals surface area contributed by atoms with Gasteiger partial charge >= 0.3 is 0 Å². The minimum atomic E-state index is -3.96. The summed E-state index contributed by atoms with van der Waals surface area (Å²) in [5.41, 5.74) is -1.52. The van der Waals surface area contributed by atoms with Gasteiger partial charge in [-0.15, -0.1) is 0 Å². The first kappa shape index (κ1) is 26.0. The Labute approximate surface area is 214 Å². The third kappa shape index (κ3) is 4.73. The zero-order chi connectivity index (χ0) is 26.4. The normalized spacial score (nSPS) is 22.7. The number of hydrogen-bond donors (Lipinski definition) is 2. The predicted molar refractivity (Wildman–Crippen MR) is 132 cm³/mol. The van der Waals surface area contributed by atoms with Crippen LogP contribution in [-0.2, 0) is 26.9 Å². The highest BCUT2D eigenvalue weighted by Gasteiger charge is 2.44. The van der Waals surface area contributed by atoms with E-state index in [0.29, 0.717) is 43.9 Å². The van der Waals surface area contributed by atoms with Crippen molar-refractivity contribution in [2.45, 2.75) is 50.7 Å². The molecule has 0 radical (unpaired) electrons. The number of carbonyl (C=O) groups excluding carboxylic acids is 1. The van der Waals surface area contributed by atoms with Crippen LogP contribution in [0.25, 0.3) is 0 Å². The summed E-state index contributed by atoms with van der Waals surface area (Å²) in [7, 11) is -2.06. The molecular weight excluding hydrogens is 505 g/mol. The van der Waals surface area contributed by atoms with E-state index in [9.17, 15) is 27.5 Å². The molecule has 2 aliphatic carbocycles. The molecule has 1 aromatic heterocycles. The first-order valence-corrected chi connectivity index (χ1v) is 14.1. The monoisotopic (exact) mass is 537 g/mol. The molecule has 1 saturated heterocycles. The maximum absolute atomic E-state index is 14.2. The van der Waals surface area contributed by atoms with Gasteiger partial charge in [0.25, 0.3) is 11.5 Å². The van der Waals surface area contributed by atoms with Crippen molar-refractivity contribution in [3.63, 3.8) is 0 Å². The van der Waals surface area contributed by atoms with Gasteiger partial charge in [0, 0.05) is 39.1 Å². The van der Waals surface area contributed by atoms with E-state index in [-0.39, 0.29) is 43.9 Å². The summed E-state index contributed by atoms with van der Waals surface area (Å²) >= 11 is 0. The fraction of sp³-hybridized carbons (Fsp3) is 0.625. The number of likely N-dealkylation sites (N-methyl/N-ethyl adjacent to an activating group) is 1. The number of sulfonamides is 1. The number of rotatable bonds is 5. The molecule has 2 fully saturated rings. The third-order valence-electron chi connectivity index (χ3n) is 7.72. The maximum Gasteiger partial charge on any atom is 0.296 e. The van der Waals surface area contributed by atoms with Gasteiger partial charge in [-0.2, -0.15) is 4.31 Å². The van der Waals surface area contributed by atoms with Crippen molar-refractivity contribution in [3.8, 4) is 5.75 Å². The van der Waals surface area contributed by atoms with Crippen molar-refractivity contribution >= 4 is 15.9 Å². The number of aromatic hydroxyl groups is 1. The van der Waals surface area contributed by atoms with Gasteiger partial charge in [-0.05, 0) is 50.8 Å². The van der Waals surface area contributed by atoms with Crippen LogP contribution in [0.4, 0.5) is 4.39 Å². The smallest absolute Gasteiger partial charge is 0.296 e. The van der Waals surface area contributed by atoms with Crippen LogP contribution in [-0.4, -0.2) is 84.6 Å². The number of carbonyl (C=O) groups is 1. The standard InChI is InChI=1S/C24H32FN5O6S/c1-28-8-10-29(11-9-28)37(34,35)18-14-17(25)5-4-16(18)15-26-21(32)19-20(31)22(33)30-12-13-36-24(23(30)27-19)6-2-3-7-24/h14,31H,2-13,15H2,1H3,(H,26,32). The number of fused-ring (bicyclic) bond motifs is 2. The van der Waals surface area contributed by atoms with Crippen molar-refractivity contribution in [3.05, 3.63) is 44.3 Å². The van der Waals surface area contributed by atoms with E-state index in [1.54, 1.807) is 0 Å². The Morgan fingerprint density at radius 2 is 1.89 bits per heavy atom. The van der Waals surface area contributed by atoms with E-state index in [0.717, 1.165) is 18.9 Å². The summed E-state index contributed by atoms with van der Waals surface area (Å²) in [4.78, 5) is 32.3. The SMILES string of the molecule is CN1CCN(S(=O)(=O)C2=C(CNC(=O)c3nc4n(c(=O)c3O)CCOC43CCCC3)CCC(F)=C2)CC1. The number of allylic oxidation sites excluding steroid dienone is 2. The van der Waals surface area contributed by atoms with Crippen LogP contribution in [0.3, 0.4) is 0 Å². The van der Waals surface area contributed by atoms with E-state index >= 15 is 0 Å². The summed E-state index contributed by atoms with van der Waals surface area (Å²) in [5.74, 6) is -1.77. The van der Waals surface area contributed by atoms with Gasteiger partial charge in [-0.3, -0.25) is 14.2 Å². The first-order valence-electron chi connectivity index (χ1n) is 12.7. The lowest BCUT2D eigenvalue weighted by Crippen LogP contribution is -2.47. The molecule has 4 aliphatic rings. The molecular formula is C24H32FN5O6S. The molecule has 0 aromatic carbocycles. The quantitative estimate of drug-likeness (QED) is 0.567. The minimum absolute atomic E-state index is 0.0243. The van der Waals surface area contributed by atoms with Gasteiger partial charge < -0.3 is 20.1 Å². The number of ether oxygens (including phenoxy) is 1. The number of hydrogen-bond acceptors (Lipinski definition) is 8. The number of halogens is 1. The molecule has 11 nitrogen and oxygen atoms in total. The molecule has 5 rings (SSSR count). The van der Waals surface area contributed by atoms with Gasteiger partial charge in [0.05, 0.1) is 18.1 Å². The van der Waals surface area contributed by atoms with Crippen LogP contribution >= 0.6 is 0 Å². The second-order valence-corrected chi connectivity index (χ2v) is 12.0. The molecule has 202 valence electrons.